The number of aromatic nitrogens is 2. The molecule has 0 aliphatic carbocycles. The molecule has 2 rings (SSSR count). The van der Waals surface area contributed by atoms with Crippen molar-refractivity contribution < 1.29 is 9.21 Å². The van der Waals surface area contributed by atoms with Gasteiger partial charge in [0.15, 0.2) is 0 Å². The minimum absolute atomic E-state index is 0.00294. The molecule has 5 nitrogen and oxygen atoms in total. The SMILES string of the molecule is Cc1nnc(C2C[C@@H](C)N(C(=O)CCl)[C@@H](C)C2)o1. The average molecular weight is 272 g/mol. The monoisotopic (exact) mass is 271 g/mol. The van der Waals surface area contributed by atoms with Crippen molar-refractivity contribution in [2.45, 2.75) is 51.6 Å². The first-order valence-electron chi connectivity index (χ1n) is 6.20. The maximum atomic E-state index is 11.8. The molecule has 6 heteroatoms. The third-order valence-electron chi connectivity index (χ3n) is 3.49. The number of halogens is 1. The number of hydrogen-bond acceptors (Lipinski definition) is 4. The summed E-state index contributed by atoms with van der Waals surface area (Å²) in [7, 11) is 0. The Hall–Kier alpha value is -1.10. The molecule has 18 heavy (non-hydrogen) atoms. The minimum atomic E-state index is -0.00294. The smallest absolute Gasteiger partial charge is 0.237 e. The Balaban J connectivity index is 2.11. The van der Waals surface area contributed by atoms with Crippen LogP contribution in [0.25, 0.3) is 0 Å². The average Bonchev–Trinajstić information content (AvgIpc) is 2.74. The zero-order chi connectivity index (χ0) is 13.3. The van der Waals surface area contributed by atoms with Crippen LogP contribution in [0.3, 0.4) is 0 Å². The van der Waals surface area contributed by atoms with E-state index >= 15 is 0 Å². The number of likely N-dealkylation sites (tertiary alicyclic amines) is 1. The number of carbonyl (C=O) groups is 1. The van der Waals surface area contributed by atoms with Gasteiger partial charge in [0.1, 0.15) is 5.88 Å². The first-order chi connectivity index (χ1) is 8.52. The van der Waals surface area contributed by atoms with E-state index in [1.165, 1.54) is 0 Å². The van der Waals surface area contributed by atoms with E-state index in [0.717, 1.165) is 12.8 Å². The van der Waals surface area contributed by atoms with Crippen LogP contribution in [0.4, 0.5) is 0 Å². The molecule has 0 N–H and O–H groups in total. The second-order valence-electron chi connectivity index (χ2n) is 4.96. The molecule has 1 aliphatic heterocycles. The highest BCUT2D eigenvalue weighted by Crippen LogP contribution is 2.34. The van der Waals surface area contributed by atoms with E-state index in [1.807, 2.05) is 18.7 Å². The van der Waals surface area contributed by atoms with Crippen LogP contribution in [0, 0.1) is 6.92 Å². The summed E-state index contributed by atoms with van der Waals surface area (Å²) in [5.41, 5.74) is 0. The van der Waals surface area contributed by atoms with Gasteiger partial charge in [0, 0.05) is 24.9 Å². The number of piperidine rings is 1. The van der Waals surface area contributed by atoms with Crippen molar-refractivity contribution in [2.75, 3.05) is 5.88 Å². The highest BCUT2D eigenvalue weighted by atomic mass is 35.5. The summed E-state index contributed by atoms with van der Waals surface area (Å²) in [6.45, 7) is 5.86. The van der Waals surface area contributed by atoms with Crippen molar-refractivity contribution in [2.24, 2.45) is 0 Å². The molecule has 1 fully saturated rings. The van der Waals surface area contributed by atoms with E-state index in [9.17, 15) is 4.79 Å². The quantitative estimate of drug-likeness (QED) is 0.773. The van der Waals surface area contributed by atoms with Crippen molar-refractivity contribution in [3.8, 4) is 0 Å². The lowest BCUT2D eigenvalue weighted by Crippen LogP contribution is -2.50. The summed E-state index contributed by atoms with van der Waals surface area (Å²) >= 11 is 5.64. The number of nitrogens with zero attached hydrogens (tertiary/aromatic N) is 3. The third-order valence-corrected chi connectivity index (χ3v) is 3.72. The van der Waals surface area contributed by atoms with Crippen molar-refractivity contribution in [3.05, 3.63) is 11.8 Å². The van der Waals surface area contributed by atoms with Gasteiger partial charge in [-0.3, -0.25) is 4.79 Å². The molecule has 1 unspecified atom stereocenters. The molecule has 2 heterocycles. The summed E-state index contributed by atoms with van der Waals surface area (Å²) in [6, 6.07) is 0.300. The molecule has 1 aromatic rings. The summed E-state index contributed by atoms with van der Waals surface area (Å²) < 4.78 is 5.49. The maximum Gasteiger partial charge on any atom is 0.237 e. The van der Waals surface area contributed by atoms with Gasteiger partial charge in [-0.2, -0.15) is 0 Å². The second-order valence-corrected chi connectivity index (χ2v) is 5.23. The van der Waals surface area contributed by atoms with E-state index in [4.69, 9.17) is 16.0 Å². The molecule has 0 spiro atoms. The molecular weight excluding hydrogens is 254 g/mol. The van der Waals surface area contributed by atoms with E-state index in [1.54, 1.807) is 6.92 Å². The molecule has 0 radical (unpaired) electrons. The van der Waals surface area contributed by atoms with Gasteiger partial charge in [-0.05, 0) is 26.7 Å². The van der Waals surface area contributed by atoms with Gasteiger partial charge in [0.2, 0.25) is 17.7 Å². The van der Waals surface area contributed by atoms with Gasteiger partial charge >= 0.3 is 0 Å². The summed E-state index contributed by atoms with van der Waals surface area (Å²) in [4.78, 5) is 13.6. The lowest BCUT2D eigenvalue weighted by atomic mass is 9.87. The fraction of sp³-hybridized carbons (Fsp3) is 0.750. The van der Waals surface area contributed by atoms with Crippen LogP contribution < -0.4 is 0 Å². The maximum absolute atomic E-state index is 11.8. The van der Waals surface area contributed by atoms with Crippen LogP contribution in [0.5, 0.6) is 0 Å². The molecule has 0 bridgehead atoms. The van der Waals surface area contributed by atoms with Crippen molar-refractivity contribution in [3.63, 3.8) is 0 Å². The second kappa shape index (κ2) is 5.26. The molecule has 3 atom stereocenters. The Morgan fingerprint density at radius 3 is 2.44 bits per heavy atom. The Labute approximate surface area is 112 Å². The fourth-order valence-corrected chi connectivity index (χ4v) is 2.96. The summed E-state index contributed by atoms with van der Waals surface area (Å²) in [5, 5.41) is 7.95. The van der Waals surface area contributed by atoms with E-state index in [0.29, 0.717) is 11.8 Å². The Morgan fingerprint density at radius 2 is 2.00 bits per heavy atom. The minimum Gasteiger partial charge on any atom is -0.425 e. The van der Waals surface area contributed by atoms with Crippen LogP contribution >= 0.6 is 11.6 Å². The topological polar surface area (TPSA) is 59.2 Å². The molecule has 1 amide bonds. The highest BCUT2D eigenvalue weighted by molar-refractivity contribution is 6.27. The van der Waals surface area contributed by atoms with Crippen molar-refractivity contribution in [1.29, 1.82) is 0 Å². The number of carbonyl (C=O) groups excluding carboxylic acids is 1. The normalized spacial score (nSPS) is 28.4. The predicted octanol–water partition coefficient (Wildman–Crippen LogP) is 2.10. The zero-order valence-corrected chi connectivity index (χ0v) is 11.6. The van der Waals surface area contributed by atoms with Crippen molar-refractivity contribution >= 4 is 17.5 Å². The molecule has 1 aromatic heterocycles. The largest absolute Gasteiger partial charge is 0.425 e. The van der Waals surface area contributed by atoms with Crippen LogP contribution in [0.1, 0.15) is 44.4 Å². The van der Waals surface area contributed by atoms with Crippen LogP contribution in [0.2, 0.25) is 0 Å². The third kappa shape index (κ3) is 2.51. The van der Waals surface area contributed by atoms with Gasteiger partial charge < -0.3 is 9.32 Å². The summed E-state index contributed by atoms with van der Waals surface area (Å²) in [6.07, 6.45) is 1.68. The molecule has 0 aromatic carbocycles. The van der Waals surface area contributed by atoms with Gasteiger partial charge in [0.05, 0.1) is 0 Å². The van der Waals surface area contributed by atoms with Crippen LogP contribution in [-0.2, 0) is 4.79 Å². The molecular formula is C12H18ClN3O2. The lowest BCUT2D eigenvalue weighted by molar-refractivity contribution is -0.134. The number of hydrogen-bond donors (Lipinski definition) is 0. The van der Waals surface area contributed by atoms with E-state index in [-0.39, 0.29) is 29.8 Å². The highest BCUT2D eigenvalue weighted by Gasteiger charge is 2.36. The van der Waals surface area contributed by atoms with Gasteiger partial charge in [-0.1, -0.05) is 0 Å². The fourth-order valence-electron chi connectivity index (χ4n) is 2.82. The molecule has 1 aliphatic rings. The van der Waals surface area contributed by atoms with Crippen LogP contribution in [-0.4, -0.2) is 39.0 Å². The predicted molar refractivity (Wildman–Crippen MR) is 67.5 cm³/mol. The number of alkyl halides is 1. The first-order valence-corrected chi connectivity index (χ1v) is 6.73. The first kappa shape index (κ1) is 13.3. The Morgan fingerprint density at radius 1 is 1.39 bits per heavy atom. The lowest BCUT2D eigenvalue weighted by Gasteiger charge is -2.41. The number of amides is 1. The van der Waals surface area contributed by atoms with Gasteiger partial charge in [-0.25, -0.2) is 0 Å². The molecule has 1 saturated heterocycles. The number of rotatable bonds is 2. The Kier molecular flexibility index (Phi) is 3.90. The summed E-state index contributed by atoms with van der Waals surface area (Å²) in [5.74, 6) is 1.54. The molecule has 100 valence electrons. The standard InChI is InChI=1S/C12H18ClN3O2/c1-7-4-10(12-15-14-9(3)18-12)5-8(2)16(7)11(17)6-13/h7-8,10H,4-6H2,1-3H3/t7-,8+,10?. The Bertz CT molecular complexity index is 423. The van der Waals surface area contributed by atoms with Gasteiger partial charge in [-0.15, -0.1) is 21.8 Å². The van der Waals surface area contributed by atoms with E-state index in [2.05, 4.69) is 10.2 Å². The zero-order valence-electron chi connectivity index (χ0n) is 10.9. The number of aryl methyl sites for hydroxylation is 1. The van der Waals surface area contributed by atoms with E-state index < -0.39 is 0 Å². The van der Waals surface area contributed by atoms with Crippen LogP contribution in [0.15, 0.2) is 4.42 Å². The molecule has 0 saturated carbocycles. The van der Waals surface area contributed by atoms with Gasteiger partial charge in [0.25, 0.3) is 0 Å². The van der Waals surface area contributed by atoms with Crippen molar-refractivity contribution in [1.82, 2.24) is 15.1 Å².